The Bertz CT molecular complexity index is 449. The molecular weight excluding hydrogens is 252 g/mol. The maximum atomic E-state index is 5.57. The predicted molar refractivity (Wildman–Crippen MR) is 80.8 cm³/mol. The van der Waals surface area contributed by atoms with Gasteiger partial charge in [-0.15, -0.1) is 0 Å². The summed E-state index contributed by atoms with van der Waals surface area (Å²) < 4.78 is 0. The first-order valence-electron chi connectivity index (χ1n) is 7.55. The molecule has 2 fully saturated rings. The van der Waals surface area contributed by atoms with Crippen LogP contribution in [0, 0.1) is 0 Å². The molecular formula is C14H24N6. The highest BCUT2D eigenvalue weighted by molar-refractivity contribution is 5.44. The Morgan fingerprint density at radius 1 is 1.15 bits per heavy atom. The van der Waals surface area contributed by atoms with Crippen molar-refractivity contribution in [3.63, 3.8) is 0 Å². The summed E-state index contributed by atoms with van der Waals surface area (Å²) in [7, 11) is 2.15. The van der Waals surface area contributed by atoms with Gasteiger partial charge < -0.3 is 15.2 Å². The molecule has 1 aliphatic heterocycles. The zero-order valence-electron chi connectivity index (χ0n) is 12.2. The van der Waals surface area contributed by atoms with Gasteiger partial charge in [-0.1, -0.05) is 12.8 Å². The Morgan fingerprint density at radius 3 is 2.50 bits per heavy atom. The minimum Gasteiger partial charge on any atom is -0.338 e. The summed E-state index contributed by atoms with van der Waals surface area (Å²) in [6.07, 6.45) is 5.10. The largest absolute Gasteiger partial charge is 0.338 e. The number of hydrogen-bond donors (Lipinski definition) is 2. The number of nitrogens with zero attached hydrogens (tertiary/aromatic N) is 4. The van der Waals surface area contributed by atoms with Crippen molar-refractivity contribution in [1.82, 2.24) is 14.9 Å². The van der Waals surface area contributed by atoms with E-state index >= 15 is 0 Å². The van der Waals surface area contributed by atoms with Gasteiger partial charge in [-0.2, -0.15) is 4.98 Å². The number of rotatable bonds is 3. The molecule has 0 radical (unpaired) electrons. The van der Waals surface area contributed by atoms with Gasteiger partial charge in [0.25, 0.3) is 0 Å². The molecule has 3 rings (SSSR count). The van der Waals surface area contributed by atoms with E-state index in [1.807, 2.05) is 6.07 Å². The van der Waals surface area contributed by atoms with Crippen LogP contribution in [0.5, 0.6) is 0 Å². The lowest BCUT2D eigenvalue weighted by molar-refractivity contribution is 0.311. The van der Waals surface area contributed by atoms with Crippen LogP contribution >= 0.6 is 0 Å². The maximum absolute atomic E-state index is 5.57. The second-order valence-corrected chi connectivity index (χ2v) is 5.89. The standard InChI is InChI=1S/C14H24N6/c1-19-6-8-20(9-7-19)14-16-12(10-13(17-14)18-15)11-4-2-3-5-11/h10-11H,2-9,15H2,1H3,(H,16,17,18). The molecule has 1 saturated carbocycles. The summed E-state index contributed by atoms with van der Waals surface area (Å²) in [4.78, 5) is 13.9. The first kappa shape index (κ1) is 13.6. The van der Waals surface area contributed by atoms with Gasteiger partial charge in [-0.25, -0.2) is 10.8 Å². The molecule has 6 heteroatoms. The Morgan fingerprint density at radius 2 is 1.85 bits per heavy atom. The molecule has 0 unspecified atom stereocenters. The fourth-order valence-electron chi connectivity index (χ4n) is 3.11. The van der Waals surface area contributed by atoms with Gasteiger partial charge in [0.1, 0.15) is 5.82 Å². The van der Waals surface area contributed by atoms with Crippen LogP contribution in [-0.4, -0.2) is 48.1 Å². The third-order valence-electron chi connectivity index (χ3n) is 4.44. The van der Waals surface area contributed by atoms with Crippen molar-refractivity contribution in [2.75, 3.05) is 43.6 Å². The zero-order chi connectivity index (χ0) is 13.9. The molecule has 110 valence electrons. The second kappa shape index (κ2) is 5.93. The Kier molecular flexibility index (Phi) is 4.03. The third-order valence-corrected chi connectivity index (χ3v) is 4.44. The highest BCUT2D eigenvalue weighted by Crippen LogP contribution is 2.34. The van der Waals surface area contributed by atoms with E-state index in [0.29, 0.717) is 5.92 Å². The molecule has 0 bridgehead atoms. The summed E-state index contributed by atoms with van der Waals surface area (Å²) in [5.74, 6) is 7.71. The van der Waals surface area contributed by atoms with Crippen LogP contribution in [0.25, 0.3) is 0 Å². The maximum Gasteiger partial charge on any atom is 0.227 e. The summed E-state index contributed by atoms with van der Waals surface area (Å²) in [6.45, 7) is 4.08. The number of anilines is 2. The molecule has 1 saturated heterocycles. The summed E-state index contributed by atoms with van der Waals surface area (Å²) in [6, 6.07) is 2.01. The van der Waals surface area contributed by atoms with Crippen molar-refractivity contribution >= 4 is 11.8 Å². The van der Waals surface area contributed by atoms with Crippen LogP contribution in [0.4, 0.5) is 11.8 Å². The van der Waals surface area contributed by atoms with Gasteiger partial charge in [0.05, 0.1) is 5.69 Å². The first-order valence-corrected chi connectivity index (χ1v) is 7.55. The monoisotopic (exact) mass is 276 g/mol. The van der Waals surface area contributed by atoms with Crippen LogP contribution in [0.1, 0.15) is 37.3 Å². The van der Waals surface area contributed by atoms with E-state index < -0.39 is 0 Å². The summed E-state index contributed by atoms with van der Waals surface area (Å²) in [5, 5.41) is 0. The molecule has 0 aromatic carbocycles. The molecule has 0 atom stereocenters. The van der Waals surface area contributed by atoms with E-state index in [-0.39, 0.29) is 0 Å². The number of nitrogens with one attached hydrogen (secondary N) is 1. The van der Waals surface area contributed by atoms with Crippen LogP contribution in [0.2, 0.25) is 0 Å². The lowest BCUT2D eigenvalue weighted by Crippen LogP contribution is -2.45. The quantitative estimate of drug-likeness (QED) is 0.638. The fourth-order valence-corrected chi connectivity index (χ4v) is 3.11. The first-order chi connectivity index (χ1) is 9.76. The van der Waals surface area contributed by atoms with Crippen LogP contribution in [0.3, 0.4) is 0 Å². The highest BCUT2D eigenvalue weighted by atomic mass is 15.3. The molecule has 3 N–H and O–H groups in total. The topological polar surface area (TPSA) is 70.3 Å². The Hall–Kier alpha value is -1.40. The number of likely N-dealkylation sites (N-methyl/N-ethyl adjacent to an activating group) is 1. The predicted octanol–water partition coefficient (Wildman–Crippen LogP) is 1.17. The lowest BCUT2D eigenvalue weighted by Gasteiger charge is -2.32. The SMILES string of the molecule is CN1CCN(c2nc(NN)cc(C3CCCC3)n2)CC1. The van der Waals surface area contributed by atoms with Crippen molar-refractivity contribution in [2.24, 2.45) is 5.84 Å². The number of hydrazine groups is 1. The van der Waals surface area contributed by atoms with E-state index in [4.69, 9.17) is 10.8 Å². The fraction of sp³-hybridized carbons (Fsp3) is 0.714. The van der Waals surface area contributed by atoms with Crippen molar-refractivity contribution in [3.05, 3.63) is 11.8 Å². The minimum atomic E-state index is 0.580. The van der Waals surface area contributed by atoms with Gasteiger partial charge in [0.15, 0.2) is 0 Å². The number of aromatic nitrogens is 2. The molecule has 1 aromatic rings. The number of piperazine rings is 1. The molecule has 0 spiro atoms. The van der Waals surface area contributed by atoms with Crippen molar-refractivity contribution in [3.8, 4) is 0 Å². The van der Waals surface area contributed by atoms with Gasteiger partial charge in [0.2, 0.25) is 5.95 Å². The molecule has 20 heavy (non-hydrogen) atoms. The average Bonchev–Trinajstić information content (AvgIpc) is 3.02. The second-order valence-electron chi connectivity index (χ2n) is 5.89. The van der Waals surface area contributed by atoms with Crippen molar-refractivity contribution in [2.45, 2.75) is 31.6 Å². The molecule has 0 amide bonds. The molecule has 2 aliphatic rings. The smallest absolute Gasteiger partial charge is 0.227 e. The van der Waals surface area contributed by atoms with Crippen LogP contribution < -0.4 is 16.2 Å². The van der Waals surface area contributed by atoms with Crippen molar-refractivity contribution < 1.29 is 0 Å². The summed E-state index contributed by atoms with van der Waals surface area (Å²) in [5.41, 5.74) is 3.84. The van der Waals surface area contributed by atoms with Gasteiger partial charge in [-0.05, 0) is 19.9 Å². The van der Waals surface area contributed by atoms with Crippen LogP contribution in [0.15, 0.2) is 6.07 Å². The van der Waals surface area contributed by atoms with E-state index in [2.05, 4.69) is 27.3 Å². The lowest BCUT2D eigenvalue weighted by atomic mass is 10.0. The minimum absolute atomic E-state index is 0.580. The number of hydrogen-bond acceptors (Lipinski definition) is 6. The van der Waals surface area contributed by atoms with Gasteiger partial charge in [-0.3, -0.25) is 0 Å². The van der Waals surface area contributed by atoms with Crippen molar-refractivity contribution in [1.29, 1.82) is 0 Å². The van der Waals surface area contributed by atoms with E-state index in [9.17, 15) is 0 Å². The normalized spacial score (nSPS) is 21.4. The third kappa shape index (κ3) is 2.86. The van der Waals surface area contributed by atoms with E-state index in [1.165, 1.54) is 25.7 Å². The zero-order valence-corrected chi connectivity index (χ0v) is 12.2. The molecule has 2 heterocycles. The number of nitrogens with two attached hydrogens (primary N) is 1. The molecule has 1 aromatic heterocycles. The Balaban J connectivity index is 1.83. The highest BCUT2D eigenvalue weighted by Gasteiger charge is 2.22. The molecule has 1 aliphatic carbocycles. The molecule has 6 nitrogen and oxygen atoms in total. The van der Waals surface area contributed by atoms with Crippen LogP contribution in [-0.2, 0) is 0 Å². The van der Waals surface area contributed by atoms with Gasteiger partial charge >= 0.3 is 0 Å². The van der Waals surface area contributed by atoms with E-state index in [0.717, 1.165) is 43.6 Å². The number of nitrogen functional groups attached to an aromatic ring is 1. The summed E-state index contributed by atoms with van der Waals surface area (Å²) >= 11 is 0. The van der Waals surface area contributed by atoms with E-state index in [1.54, 1.807) is 0 Å². The average molecular weight is 276 g/mol. The Labute approximate surface area is 120 Å². The van der Waals surface area contributed by atoms with Gasteiger partial charge in [0, 0.05) is 38.2 Å².